The van der Waals surface area contributed by atoms with Gasteiger partial charge >= 0.3 is 6.03 Å². The van der Waals surface area contributed by atoms with Gasteiger partial charge in [-0.15, -0.1) is 22.9 Å². The Balaban J connectivity index is 2.53. The Morgan fingerprint density at radius 1 is 1.56 bits per heavy atom. The number of halogens is 1. The van der Waals surface area contributed by atoms with E-state index in [-0.39, 0.29) is 5.88 Å². The van der Waals surface area contributed by atoms with E-state index in [0.717, 1.165) is 4.88 Å². The third-order valence-corrected chi connectivity index (χ3v) is 3.07. The van der Waals surface area contributed by atoms with Crippen molar-refractivity contribution < 1.29 is 9.59 Å². The third-order valence-electron chi connectivity index (χ3n) is 1.96. The van der Waals surface area contributed by atoms with Crippen LogP contribution in [0.3, 0.4) is 0 Å². The van der Waals surface area contributed by atoms with Gasteiger partial charge in [0.2, 0.25) is 5.91 Å². The molecular weight excluding hydrogens is 248 g/mol. The van der Waals surface area contributed by atoms with Gasteiger partial charge in [-0.3, -0.25) is 10.1 Å². The zero-order valence-electron chi connectivity index (χ0n) is 8.90. The van der Waals surface area contributed by atoms with Gasteiger partial charge in [0.25, 0.3) is 0 Å². The number of urea groups is 1. The Bertz CT molecular complexity index is 354. The second-order valence-corrected chi connectivity index (χ2v) is 4.38. The van der Waals surface area contributed by atoms with E-state index in [4.69, 9.17) is 11.6 Å². The number of carbonyl (C=O) groups is 2. The first-order valence-electron chi connectivity index (χ1n) is 4.84. The third kappa shape index (κ3) is 3.83. The van der Waals surface area contributed by atoms with Crippen molar-refractivity contribution >= 4 is 34.9 Å². The maximum atomic E-state index is 11.6. The molecule has 0 radical (unpaired) electrons. The number of alkyl halides is 1. The number of imide groups is 1. The van der Waals surface area contributed by atoms with Crippen molar-refractivity contribution in [1.29, 1.82) is 0 Å². The SMILES string of the molecule is CCN(Cc1cccs1)C(=O)NC(=O)CCl. The molecule has 0 saturated carbocycles. The number of hydrogen-bond donors (Lipinski definition) is 1. The van der Waals surface area contributed by atoms with Crippen molar-refractivity contribution in [2.24, 2.45) is 0 Å². The Morgan fingerprint density at radius 3 is 2.81 bits per heavy atom. The average Bonchev–Trinajstić information content (AvgIpc) is 2.78. The van der Waals surface area contributed by atoms with E-state index in [1.165, 1.54) is 0 Å². The standard InChI is InChI=1S/C10H13ClN2O2S/c1-2-13(7-8-4-3-5-16-8)10(15)12-9(14)6-11/h3-5H,2,6-7H2,1H3,(H,12,14,15). The van der Waals surface area contributed by atoms with Gasteiger partial charge in [0.05, 0.1) is 6.54 Å². The molecule has 0 aliphatic rings. The number of carbonyl (C=O) groups excluding carboxylic acids is 2. The first kappa shape index (κ1) is 13.0. The van der Waals surface area contributed by atoms with Gasteiger partial charge in [-0.1, -0.05) is 6.07 Å². The molecule has 6 heteroatoms. The molecule has 0 aliphatic carbocycles. The van der Waals surface area contributed by atoms with Crippen molar-refractivity contribution in [3.8, 4) is 0 Å². The monoisotopic (exact) mass is 260 g/mol. The van der Waals surface area contributed by atoms with Crippen molar-refractivity contribution in [3.05, 3.63) is 22.4 Å². The summed E-state index contributed by atoms with van der Waals surface area (Å²) in [6.45, 7) is 2.91. The lowest BCUT2D eigenvalue weighted by molar-refractivity contribution is -0.117. The summed E-state index contributed by atoms with van der Waals surface area (Å²) < 4.78 is 0. The largest absolute Gasteiger partial charge is 0.324 e. The predicted octanol–water partition coefficient (Wildman–Crippen LogP) is 2.04. The molecule has 4 nitrogen and oxygen atoms in total. The molecule has 0 aliphatic heterocycles. The summed E-state index contributed by atoms with van der Waals surface area (Å²) in [7, 11) is 0. The summed E-state index contributed by atoms with van der Waals surface area (Å²) in [5, 5.41) is 4.16. The topological polar surface area (TPSA) is 49.4 Å². The van der Waals surface area contributed by atoms with E-state index < -0.39 is 11.9 Å². The van der Waals surface area contributed by atoms with E-state index in [1.807, 2.05) is 24.4 Å². The van der Waals surface area contributed by atoms with Crippen LogP contribution in [0.2, 0.25) is 0 Å². The summed E-state index contributed by atoms with van der Waals surface area (Å²) in [5.41, 5.74) is 0. The zero-order valence-corrected chi connectivity index (χ0v) is 10.5. The highest BCUT2D eigenvalue weighted by atomic mass is 35.5. The molecule has 3 amide bonds. The van der Waals surface area contributed by atoms with E-state index in [2.05, 4.69) is 5.32 Å². The smallest absolute Gasteiger partial charge is 0.320 e. The average molecular weight is 261 g/mol. The minimum absolute atomic E-state index is 0.206. The predicted molar refractivity (Wildman–Crippen MR) is 64.7 cm³/mol. The molecule has 0 atom stereocenters. The van der Waals surface area contributed by atoms with E-state index in [0.29, 0.717) is 13.1 Å². The molecule has 0 bridgehead atoms. The van der Waals surface area contributed by atoms with Crippen molar-refractivity contribution in [2.75, 3.05) is 12.4 Å². The Morgan fingerprint density at radius 2 is 2.31 bits per heavy atom. The highest BCUT2D eigenvalue weighted by molar-refractivity contribution is 7.09. The maximum absolute atomic E-state index is 11.6. The van der Waals surface area contributed by atoms with Gasteiger partial charge < -0.3 is 4.90 Å². The summed E-state index contributed by atoms with van der Waals surface area (Å²) in [5.74, 6) is -0.682. The summed E-state index contributed by atoms with van der Waals surface area (Å²) in [6, 6.07) is 3.47. The lowest BCUT2D eigenvalue weighted by Crippen LogP contribution is -2.42. The van der Waals surface area contributed by atoms with Crippen LogP contribution in [0.4, 0.5) is 4.79 Å². The molecule has 0 fully saturated rings. The zero-order chi connectivity index (χ0) is 12.0. The van der Waals surface area contributed by atoms with Crippen LogP contribution in [-0.2, 0) is 11.3 Å². The van der Waals surface area contributed by atoms with Crippen LogP contribution in [0, 0.1) is 0 Å². The number of rotatable bonds is 4. The second-order valence-electron chi connectivity index (χ2n) is 3.08. The summed E-state index contributed by atoms with van der Waals surface area (Å²) in [4.78, 5) is 25.2. The quantitative estimate of drug-likeness (QED) is 0.843. The number of nitrogens with one attached hydrogen (secondary N) is 1. The number of hydrogen-bond acceptors (Lipinski definition) is 3. The minimum Gasteiger partial charge on any atom is -0.320 e. The van der Waals surface area contributed by atoms with Crippen LogP contribution in [0.1, 0.15) is 11.8 Å². The van der Waals surface area contributed by atoms with Crippen LogP contribution in [0.25, 0.3) is 0 Å². The molecule has 0 unspecified atom stereocenters. The first-order chi connectivity index (χ1) is 7.67. The number of thiophene rings is 1. The fourth-order valence-corrected chi connectivity index (χ4v) is 1.94. The van der Waals surface area contributed by atoms with E-state index in [9.17, 15) is 9.59 Å². The Labute approximate surface area is 103 Å². The molecule has 0 spiro atoms. The molecule has 0 aromatic carbocycles. The van der Waals surface area contributed by atoms with Gasteiger partial charge in [0.15, 0.2) is 0 Å². The fourth-order valence-electron chi connectivity index (χ4n) is 1.15. The molecule has 1 aromatic rings. The van der Waals surface area contributed by atoms with Crippen LogP contribution >= 0.6 is 22.9 Å². The van der Waals surface area contributed by atoms with Gasteiger partial charge in [-0.05, 0) is 18.4 Å². The summed E-state index contributed by atoms with van der Waals surface area (Å²) in [6.07, 6.45) is 0. The molecule has 1 aromatic heterocycles. The maximum Gasteiger partial charge on any atom is 0.324 e. The van der Waals surface area contributed by atoms with Crippen molar-refractivity contribution in [3.63, 3.8) is 0 Å². The number of nitrogens with zero attached hydrogens (tertiary/aromatic N) is 1. The van der Waals surface area contributed by atoms with Crippen LogP contribution < -0.4 is 5.32 Å². The highest BCUT2D eigenvalue weighted by Crippen LogP contribution is 2.11. The highest BCUT2D eigenvalue weighted by Gasteiger charge is 2.14. The minimum atomic E-state index is -0.476. The molecule has 88 valence electrons. The lowest BCUT2D eigenvalue weighted by Gasteiger charge is -2.19. The molecular formula is C10H13ClN2O2S. The Hall–Kier alpha value is -1.07. The molecule has 1 heterocycles. The van der Waals surface area contributed by atoms with Crippen molar-refractivity contribution in [1.82, 2.24) is 10.2 Å². The van der Waals surface area contributed by atoms with E-state index >= 15 is 0 Å². The molecule has 1 N–H and O–H groups in total. The summed E-state index contributed by atoms with van der Waals surface area (Å²) >= 11 is 6.88. The molecule has 1 rings (SSSR count). The second kappa shape index (κ2) is 6.50. The van der Waals surface area contributed by atoms with Crippen molar-refractivity contribution in [2.45, 2.75) is 13.5 Å². The fraction of sp³-hybridized carbons (Fsp3) is 0.400. The first-order valence-corrected chi connectivity index (χ1v) is 6.26. The molecule has 16 heavy (non-hydrogen) atoms. The lowest BCUT2D eigenvalue weighted by atomic mass is 10.4. The molecule has 0 saturated heterocycles. The van der Waals surface area contributed by atoms with Crippen LogP contribution in [-0.4, -0.2) is 29.3 Å². The van der Waals surface area contributed by atoms with Crippen LogP contribution in [0.5, 0.6) is 0 Å². The van der Waals surface area contributed by atoms with Gasteiger partial charge in [0, 0.05) is 11.4 Å². The normalized spacial score (nSPS) is 9.88. The van der Waals surface area contributed by atoms with Gasteiger partial charge in [-0.25, -0.2) is 4.79 Å². The number of amides is 3. The van der Waals surface area contributed by atoms with Gasteiger partial charge in [-0.2, -0.15) is 0 Å². The van der Waals surface area contributed by atoms with Crippen LogP contribution in [0.15, 0.2) is 17.5 Å². The van der Waals surface area contributed by atoms with E-state index in [1.54, 1.807) is 16.2 Å². The van der Waals surface area contributed by atoms with Gasteiger partial charge in [0.1, 0.15) is 5.88 Å². The Kier molecular flexibility index (Phi) is 5.28.